The van der Waals surface area contributed by atoms with Crippen LogP contribution in [0.1, 0.15) is 13.3 Å². The van der Waals surface area contributed by atoms with Crippen LogP contribution in [0.5, 0.6) is 0 Å². The van der Waals surface area contributed by atoms with Gasteiger partial charge in [0.25, 0.3) is 0 Å². The van der Waals surface area contributed by atoms with Crippen molar-refractivity contribution in [3.63, 3.8) is 0 Å². The third-order valence-electron chi connectivity index (χ3n) is 2.44. The van der Waals surface area contributed by atoms with Crippen LogP contribution in [0.15, 0.2) is 0 Å². The van der Waals surface area contributed by atoms with E-state index >= 15 is 0 Å². The lowest BCUT2D eigenvalue weighted by Gasteiger charge is -2.25. The van der Waals surface area contributed by atoms with E-state index in [1.54, 1.807) is 6.92 Å². The molecule has 1 fully saturated rings. The molecular formula is C10H16O6. The predicted octanol–water partition coefficient (Wildman–Crippen LogP) is 0.102. The second-order valence-electron chi connectivity index (χ2n) is 3.63. The monoisotopic (exact) mass is 232 g/mol. The quantitative estimate of drug-likeness (QED) is 0.505. The molecule has 16 heavy (non-hydrogen) atoms. The van der Waals surface area contributed by atoms with Crippen molar-refractivity contribution >= 4 is 11.9 Å². The Hall–Kier alpha value is -1.14. The number of esters is 2. The maximum absolute atomic E-state index is 11.4. The molecule has 0 atom stereocenters. The average Bonchev–Trinajstić information content (AvgIpc) is 2.71. The zero-order valence-electron chi connectivity index (χ0n) is 9.65. The summed E-state index contributed by atoms with van der Waals surface area (Å²) in [6, 6.07) is 0. The summed E-state index contributed by atoms with van der Waals surface area (Å²) < 4.78 is 19.7. The van der Waals surface area contributed by atoms with Crippen LogP contribution in [0.25, 0.3) is 0 Å². The lowest BCUT2D eigenvalue weighted by atomic mass is 10.00. The normalized spacial score (nSPS) is 18.5. The zero-order valence-corrected chi connectivity index (χ0v) is 9.65. The molecule has 6 heteroatoms. The summed E-state index contributed by atoms with van der Waals surface area (Å²) >= 11 is 0. The molecule has 0 aliphatic carbocycles. The number of carbonyl (C=O) groups is 2. The minimum absolute atomic E-state index is 0.0896. The summed E-state index contributed by atoms with van der Waals surface area (Å²) in [6.07, 6.45) is 0.0896. The van der Waals surface area contributed by atoms with Gasteiger partial charge in [0.2, 0.25) is 0 Å². The molecule has 0 bridgehead atoms. The molecule has 92 valence electrons. The standard InChI is InChI=1S/C10H16O6/c1-10(15-4-5-16-10)6-7(8(11)13-2)9(12)14-3/h7H,4-6H2,1-3H3. The number of rotatable bonds is 4. The van der Waals surface area contributed by atoms with Gasteiger partial charge in [-0.1, -0.05) is 0 Å². The first-order chi connectivity index (χ1) is 7.52. The third kappa shape index (κ3) is 2.93. The van der Waals surface area contributed by atoms with Gasteiger partial charge in [0.15, 0.2) is 11.7 Å². The number of carbonyl (C=O) groups excluding carboxylic acids is 2. The van der Waals surface area contributed by atoms with Crippen molar-refractivity contribution in [2.24, 2.45) is 5.92 Å². The first-order valence-corrected chi connectivity index (χ1v) is 4.96. The van der Waals surface area contributed by atoms with Gasteiger partial charge in [-0.25, -0.2) is 0 Å². The van der Waals surface area contributed by atoms with E-state index in [4.69, 9.17) is 9.47 Å². The average molecular weight is 232 g/mol. The van der Waals surface area contributed by atoms with Gasteiger partial charge < -0.3 is 18.9 Å². The Labute approximate surface area is 93.8 Å². The first-order valence-electron chi connectivity index (χ1n) is 4.96. The van der Waals surface area contributed by atoms with Crippen LogP contribution < -0.4 is 0 Å². The van der Waals surface area contributed by atoms with E-state index in [0.29, 0.717) is 13.2 Å². The summed E-state index contributed by atoms with van der Waals surface area (Å²) in [4.78, 5) is 22.8. The van der Waals surface area contributed by atoms with Crippen LogP contribution in [-0.4, -0.2) is 45.2 Å². The second kappa shape index (κ2) is 5.27. The van der Waals surface area contributed by atoms with Gasteiger partial charge in [0, 0.05) is 6.42 Å². The lowest BCUT2D eigenvalue weighted by Crippen LogP contribution is -2.36. The number of ether oxygens (including phenoxy) is 4. The topological polar surface area (TPSA) is 71.1 Å². The highest BCUT2D eigenvalue weighted by molar-refractivity contribution is 5.94. The van der Waals surface area contributed by atoms with Gasteiger partial charge in [-0.2, -0.15) is 0 Å². The fourth-order valence-electron chi connectivity index (χ4n) is 1.59. The van der Waals surface area contributed by atoms with E-state index in [2.05, 4.69) is 9.47 Å². The molecule has 0 aromatic rings. The SMILES string of the molecule is COC(=O)C(CC1(C)OCCO1)C(=O)OC. The van der Waals surface area contributed by atoms with E-state index in [1.807, 2.05) is 0 Å². The molecule has 1 saturated heterocycles. The van der Waals surface area contributed by atoms with Crippen LogP contribution in [0.3, 0.4) is 0 Å². The van der Waals surface area contributed by atoms with Crippen molar-refractivity contribution in [1.82, 2.24) is 0 Å². The molecule has 1 heterocycles. The van der Waals surface area contributed by atoms with E-state index < -0.39 is 23.6 Å². The van der Waals surface area contributed by atoms with Crippen molar-refractivity contribution in [2.75, 3.05) is 27.4 Å². The smallest absolute Gasteiger partial charge is 0.320 e. The molecule has 0 amide bonds. The third-order valence-corrected chi connectivity index (χ3v) is 2.44. The molecule has 0 aromatic carbocycles. The van der Waals surface area contributed by atoms with Crippen LogP contribution in [0.2, 0.25) is 0 Å². The summed E-state index contributed by atoms with van der Waals surface area (Å²) in [5.41, 5.74) is 0. The molecule has 0 aromatic heterocycles. The van der Waals surface area contributed by atoms with Crippen LogP contribution >= 0.6 is 0 Å². The molecular weight excluding hydrogens is 216 g/mol. The zero-order chi connectivity index (χ0) is 12.2. The Morgan fingerprint density at radius 3 is 2.00 bits per heavy atom. The largest absolute Gasteiger partial charge is 0.468 e. The Morgan fingerprint density at radius 2 is 1.62 bits per heavy atom. The van der Waals surface area contributed by atoms with Gasteiger partial charge in [-0.05, 0) is 6.92 Å². The first kappa shape index (κ1) is 12.9. The van der Waals surface area contributed by atoms with E-state index in [1.165, 1.54) is 14.2 Å². The Morgan fingerprint density at radius 1 is 1.19 bits per heavy atom. The summed E-state index contributed by atoms with van der Waals surface area (Å²) in [5.74, 6) is -3.23. The van der Waals surface area contributed by atoms with Crippen molar-refractivity contribution in [3.8, 4) is 0 Å². The maximum Gasteiger partial charge on any atom is 0.320 e. The van der Waals surface area contributed by atoms with E-state index in [9.17, 15) is 9.59 Å². The minimum Gasteiger partial charge on any atom is -0.468 e. The highest BCUT2D eigenvalue weighted by atomic mass is 16.7. The maximum atomic E-state index is 11.4. The van der Waals surface area contributed by atoms with E-state index in [-0.39, 0.29) is 6.42 Å². The van der Waals surface area contributed by atoms with Crippen molar-refractivity contribution in [2.45, 2.75) is 19.1 Å². The Bertz CT molecular complexity index is 252. The fourth-order valence-corrected chi connectivity index (χ4v) is 1.59. The number of methoxy groups -OCH3 is 2. The van der Waals surface area contributed by atoms with Crippen molar-refractivity contribution in [3.05, 3.63) is 0 Å². The van der Waals surface area contributed by atoms with Crippen LogP contribution in [0.4, 0.5) is 0 Å². The molecule has 0 unspecified atom stereocenters. The molecule has 1 rings (SSSR count). The molecule has 0 radical (unpaired) electrons. The number of hydrogen-bond donors (Lipinski definition) is 0. The predicted molar refractivity (Wildman–Crippen MR) is 52.4 cm³/mol. The number of hydrogen-bond acceptors (Lipinski definition) is 6. The highest BCUT2D eigenvalue weighted by Crippen LogP contribution is 2.27. The van der Waals surface area contributed by atoms with Gasteiger partial charge in [-0.15, -0.1) is 0 Å². The minimum atomic E-state index is -1.02. The van der Waals surface area contributed by atoms with E-state index in [0.717, 1.165) is 0 Å². The molecule has 0 saturated carbocycles. The molecule has 6 nitrogen and oxygen atoms in total. The lowest BCUT2D eigenvalue weighted by molar-refractivity contribution is -0.180. The van der Waals surface area contributed by atoms with Gasteiger partial charge in [-0.3, -0.25) is 9.59 Å². The van der Waals surface area contributed by atoms with Gasteiger partial charge >= 0.3 is 11.9 Å². The van der Waals surface area contributed by atoms with Gasteiger partial charge in [0.05, 0.1) is 27.4 Å². The second-order valence-corrected chi connectivity index (χ2v) is 3.63. The molecule has 1 aliphatic rings. The van der Waals surface area contributed by atoms with Crippen LogP contribution in [0, 0.1) is 5.92 Å². The highest BCUT2D eigenvalue weighted by Gasteiger charge is 2.40. The molecule has 1 aliphatic heterocycles. The summed E-state index contributed by atoms with van der Waals surface area (Å²) in [5, 5.41) is 0. The van der Waals surface area contributed by atoms with Crippen molar-refractivity contribution in [1.29, 1.82) is 0 Å². The summed E-state index contributed by atoms with van der Waals surface area (Å²) in [6.45, 7) is 2.58. The molecule has 0 N–H and O–H groups in total. The van der Waals surface area contributed by atoms with Gasteiger partial charge in [0.1, 0.15) is 0 Å². The summed E-state index contributed by atoms with van der Waals surface area (Å²) in [7, 11) is 2.44. The van der Waals surface area contributed by atoms with Crippen molar-refractivity contribution < 1.29 is 28.5 Å². The van der Waals surface area contributed by atoms with Crippen LogP contribution in [-0.2, 0) is 28.5 Å². The molecule has 0 spiro atoms. The Balaban J connectivity index is 2.70. The fraction of sp³-hybridized carbons (Fsp3) is 0.800. The Kier molecular flexibility index (Phi) is 4.26.